The lowest BCUT2D eigenvalue weighted by molar-refractivity contribution is 0.567. The molecule has 0 radical (unpaired) electrons. The predicted molar refractivity (Wildman–Crippen MR) is 91.0 cm³/mol. The molecule has 1 heterocycles. The molecule has 1 aliphatic heterocycles. The van der Waals surface area contributed by atoms with Crippen LogP contribution < -0.4 is 15.5 Å². The summed E-state index contributed by atoms with van der Waals surface area (Å²) in [5.41, 5.74) is 1.31. The van der Waals surface area contributed by atoms with Gasteiger partial charge >= 0.3 is 0 Å². The minimum Gasteiger partial charge on any atom is -0.369 e. The van der Waals surface area contributed by atoms with Gasteiger partial charge in [0.25, 0.3) is 0 Å². The normalized spacial score (nSPS) is 19.1. The van der Waals surface area contributed by atoms with Crippen molar-refractivity contribution in [2.24, 2.45) is 10.9 Å². The molecule has 1 atom stereocenters. The van der Waals surface area contributed by atoms with Crippen molar-refractivity contribution in [2.45, 2.75) is 32.7 Å². The monoisotopic (exact) mass is 288 g/mol. The van der Waals surface area contributed by atoms with Crippen molar-refractivity contribution in [3.63, 3.8) is 0 Å². The Kier molecular flexibility index (Phi) is 5.90. The third kappa shape index (κ3) is 4.96. The van der Waals surface area contributed by atoms with Crippen LogP contribution in [0.2, 0.25) is 0 Å². The van der Waals surface area contributed by atoms with Gasteiger partial charge < -0.3 is 15.5 Å². The second kappa shape index (κ2) is 7.91. The molecule has 0 bridgehead atoms. The third-order valence-corrected chi connectivity index (χ3v) is 3.89. The maximum Gasteiger partial charge on any atom is 0.191 e. The van der Waals surface area contributed by atoms with E-state index in [-0.39, 0.29) is 0 Å². The van der Waals surface area contributed by atoms with Crippen LogP contribution in [0.5, 0.6) is 0 Å². The fraction of sp³-hybridized carbons (Fsp3) is 0.588. The lowest BCUT2D eigenvalue weighted by atomic mass is 10.1. The van der Waals surface area contributed by atoms with E-state index >= 15 is 0 Å². The maximum atomic E-state index is 4.32. The van der Waals surface area contributed by atoms with E-state index in [2.05, 4.69) is 64.7 Å². The van der Waals surface area contributed by atoms with Crippen molar-refractivity contribution in [1.82, 2.24) is 10.6 Å². The summed E-state index contributed by atoms with van der Waals surface area (Å²) >= 11 is 0. The maximum absolute atomic E-state index is 4.32. The first-order valence-electron chi connectivity index (χ1n) is 7.96. The number of guanidine groups is 1. The van der Waals surface area contributed by atoms with E-state index in [1.54, 1.807) is 0 Å². The van der Waals surface area contributed by atoms with E-state index < -0.39 is 0 Å². The molecule has 4 heteroatoms. The molecule has 0 aliphatic carbocycles. The zero-order valence-corrected chi connectivity index (χ0v) is 13.5. The lowest BCUT2D eigenvalue weighted by Gasteiger charge is -2.20. The molecular weight excluding hydrogens is 260 g/mol. The summed E-state index contributed by atoms with van der Waals surface area (Å²) in [7, 11) is 1.84. The van der Waals surface area contributed by atoms with Gasteiger partial charge in [-0.3, -0.25) is 4.99 Å². The van der Waals surface area contributed by atoms with Crippen molar-refractivity contribution < 1.29 is 0 Å². The van der Waals surface area contributed by atoms with Crippen molar-refractivity contribution in [2.75, 3.05) is 31.6 Å². The zero-order chi connectivity index (χ0) is 15.1. The first kappa shape index (κ1) is 15.7. The Morgan fingerprint density at radius 2 is 2.10 bits per heavy atom. The molecule has 21 heavy (non-hydrogen) atoms. The van der Waals surface area contributed by atoms with Crippen LogP contribution in [0.1, 0.15) is 26.7 Å². The van der Waals surface area contributed by atoms with E-state index in [0.717, 1.165) is 37.9 Å². The van der Waals surface area contributed by atoms with Crippen LogP contribution in [0.25, 0.3) is 0 Å². The number of anilines is 1. The summed E-state index contributed by atoms with van der Waals surface area (Å²) in [6.07, 6.45) is 2.32. The summed E-state index contributed by atoms with van der Waals surface area (Å²) in [6.45, 7) is 7.60. The molecule has 1 aliphatic rings. The highest BCUT2D eigenvalue weighted by Gasteiger charge is 2.23. The van der Waals surface area contributed by atoms with E-state index in [1.807, 2.05) is 7.05 Å². The van der Waals surface area contributed by atoms with Gasteiger partial charge in [0.05, 0.1) is 0 Å². The molecule has 1 fully saturated rings. The Hall–Kier alpha value is -1.71. The van der Waals surface area contributed by atoms with Crippen molar-refractivity contribution in [1.29, 1.82) is 0 Å². The summed E-state index contributed by atoms with van der Waals surface area (Å²) < 4.78 is 0. The number of aliphatic imine (C=N–C) groups is 1. The molecule has 2 rings (SSSR count). The van der Waals surface area contributed by atoms with Crippen molar-refractivity contribution >= 4 is 11.6 Å². The van der Waals surface area contributed by atoms with Gasteiger partial charge in [-0.2, -0.15) is 0 Å². The first-order valence-corrected chi connectivity index (χ1v) is 7.96. The minimum absolute atomic E-state index is 0.468. The van der Waals surface area contributed by atoms with E-state index in [4.69, 9.17) is 0 Å². The standard InChI is InChI=1S/C17H28N4/c1-14(2)9-11-19-17(18-3)20-15-10-12-21(13-15)16-7-5-4-6-8-16/h4-8,14-15H,9-13H2,1-3H3,(H2,18,19,20). The van der Waals surface area contributed by atoms with E-state index in [9.17, 15) is 0 Å². The van der Waals surface area contributed by atoms with Gasteiger partial charge in [0.1, 0.15) is 0 Å². The van der Waals surface area contributed by atoms with Gasteiger partial charge in [-0.05, 0) is 30.9 Å². The quantitative estimate of drug-likeness (QED) is 0.646. The van der Waals surface area contributed by atoms with Gasteiger partial charge in [-0.25, -0.2) is 0 Å². The average Bonchev–Trinajstić information content (AvgIpc) is 2.95. The summed E-state index contributed by atoms with van der Waals surface area (Å²) in [5, 5.41) is 6.94. The molecular formula is C17H28N4. The molecule has 0 aromatic heterocycles. The molecule has 1 aromatic rings. The SMILES string of the molecule is CN=C(NCCC(C)C)NC1CCN(c2ccccc2)C1. The Labute approximate surface area is 128 Å². The third-order valence-electron chi connectivity index (χ3n) is 3.89. The second-order valence-corrected chi connectivity index (χ2v) is 6.09. The van der Waals surface area contributed by atoms with Crippen LogP contribution >= 0.6 is 0 Å². The molecule has 0 amide bonds. The molecule has 0 spiro atoms. The first-order chi connectivity index (χ1) is 10.2. The van der Waals surface area contributed by atoms with Crippen LogP contribution in [0, 0.1) is 5.92 Å². The highest BCUT2D eigenvalue weighted by Crippen LogP contribution is 2.19. The number of rotatable bonds is 5. The summed E-state index contributed by atoms with van der Waals surface area (Å²) in [6, 6.07) is 11.1. The topological polar surface area (TPSA) is 39.7 Å². The van der Waals surface area contributed by atoms with E-state index in [0.29, 0.717) is 6.04 Å². The Bertz CT molecular complexity index is 441. The molecule has 1 unspecified atom stereocenters. The number of nitrogens with zero attached hydrogens (tertiary/aromatic N) is 2. The second-order valence-electron chi connectivity index (χ2n) is 6.09. The Balaban J connectivity index is 1.78. The summed E-state index contributed by atoms with van der Waals surface area (Å²) in [5.74, 6) is 1.64. The lowest BCUT2D eigenvalue weighted by Crippen LogP contribution is -2.45. The predicted octanol–water partition coefficient (Wildman–Crippen LogP) is 2.48. The zero-order valence-electron chi connectivity index (χ0n) is 13.5. The molecule has 1 aromatic carbocycles. The highest BCUT2D eigenvalue weighted by molar-refractivity contribution is 5.80. The molecule has 4 nitrogen and oxygen atoms in total. The minimum atomic E-state index is 0.468. The fourth-order valence-corrected chi connectivity index (χ4v) is 2.62. The van der Waals surface area contributed by atoms with Crippen LogP contribution in [0.3, 0.4) is 0 Å². The Morgan fingerprint density at radius 1 is 1.33 bits per heavy atom. The highest BCUT2D eigenvalue weighted by atomic mass is 15.2. The van der Waals surface area contributed by atoms with Gasteiger partial charge in [0.15, 0.2) is 5.96 Å². The van der Waals surface area contributed by atoms with Crippen molar-refractivity contribution in [3.05, 3.63) is 30.3 Å². The largest absolute Gasteiger partial charge is 0.369 e. The smallest absolute Gasteiger partial charge is 0.191 e. The van der Waals surface area contributed by atoms with Crippen LogP contribution in [-0.2, 0) is 0 Å². The van der Waals surface area contributed by atoms with Gasteiger partial charge in [0.2, 0.25) is 0 Å². The molecule has 2 N–H and O–H groups in total. The van der Waals surface area contributed by atoms with Crippen LogP contribution in [0.15, 0.2) is 35.3 Å². The molecule has 1 saturated heterocycles. The molecule has 116 valence electrons. The number of hydrogen-bond donors (Lipinski definition) is 2. The fourth-order valence-electron chi connectivity index (χ4n) is 2.62. The summed E-state index contributed by atoms with van der Waals surface area (Å²) in [4.78, 5) is 6.75. The van der Waals surface area contributed by atoms with Crippen LogP contribution in [0.4, 0.5) is 5.69 Å². The number of benzene rings is 1. The number of hydrogen-bond acceptors (Lipinski definition) is 2. The van der Waals surface area contributed by atoms with Crippen molar-refractivity contribution in [3.8, 4) is 0 Å². The van der Waals surface area contributed by atoms with Crippen LogP contribution in [-0.4, -0.2) is 38.7 Å². The number of para-hydroxylation sites is 1. The van der Waals surface area contributed by atoms with Gasteiger partial charge in [-0.15, -0.1) is 0 Å². The van der Waals surface area contributed by atoms with Gasteiger partial charge in [-0.1, -0.05) is 32.0 Å². The van der Waals surface area contributed by atoms with Gasteiger partial charge in [0, 0.05) is 38.4 Å². The molecule has 0 saturated carbocycles. The Morgan fingerprint density at radius 3 is 2.76 bits per heavy atom. The average molecular weight is 288 g/mol. The number of nitrogens with one attached hydrogen (secondary N) is 2. The van der Waals surface area contributed by atoms with E-state index in [1.165, 1.54) is 12.1 Å².